The van der Waals surface area contributed by atoms with E-state index in [1.54, 1.807) is 6.26 Å². The summed E-state index contributed by atoms with van der Waals surface area (Å²) in [5.41, 5.74) is 0.573. The second-order valence-electron chi connectivity index (χ2n) is 5.90. The van der Waals surface area contributed by atoms with Gasteiger partial charge >= 0.3 is 6.09 Å². The molecule has 21 heavy (non-hydrogen) atoms. The number of carboxylic acid groups (broad SMARTS) is 1. The van der Waals surface area contributed by atoms with Crippen molar-refractivity contribution in [3.63, 3.8) is 0 Å². The summed E-state index contributed by atoms with van der Waals surface area (Å²) in [6, 6.07) is 8.02. The van der Waals surface area contributed by atoms with Gasteiger partial charge in [-0.15, -0.1) is 0 Å². The van der Waals surface area contributed by atoms with Crippen LogP contribution in [0.1, 0.15) is 24.3 Å². The molecule has 3 aliphatic rings. The predicted octanol–water partition coefficient (Wildman–Crippen LogP) is 2.59. The van der Waals surface area contributed by atoms with Crippen LogP contribution in [-0.2, 0) is 4.74 Å². The minimum atomic E-state index is -0.896. The molecule has 3 atom stereocenters. The molecule has 1 aromatic carbocycles. The van der Waals surface area contributed by atoms with E-state index in [-0.39, 0.29) is 12.0 Å². The maximum Gasteiger partial charge on any atom is 0.408 e. The standard InChI is InChI=1S/C16H17NO4/c18-15(19)17-8-6-12-11-4-1-2-5-13(11)21-14(12)16(17)7-3-9-20-10-16/h1-5,9,12,14H,6-8,10H2,(H,18,19). The lowest BCUT2D eigenvalue weighted by atomic mass is 9.74. The highest BCUT2D eigenvalue weighted by Crippen LogP contribution is 2.50. The van der Waals surface area contributed by atoms with Crippen LogP contribution in [0.5, 0.6) is 5.75 Å². The number of likely N-dealkylation sites (tertiary alicyclic amines) is 1. The summed E-state index contributed by atoms with van der Waals surface area (Å²) >= 11 is 0. The Morgan fingerprint density at radius 2 is 2.24 bits per heavy atom. The Morgan fingerprint density at radius 1 is 1.38 bits per heavy atom. The summed E-state index contributed by atoms with van der Waals surface area (Å²) in [7, 11) is 0. The molecular formula is C16H17NO4. The van der Waals surface area contributed by atoms with E-state index in [1.165, 1.54) is 10.5 Å². The number of carbonyl (C=O) groups is 1. The van der Waals surface area contributed by atoms with Crippen LogP contribution in [0.15, 0.2) is 36.6 Å². The largest absolute Gasteiger partial charge is 0.499 e. The van der Waals surface area contributed by atoms with E-state index in [9.17, 15) is 9.90 Å². The first-order valence-electron chi connectivity index (χ1n) is 7.25. The molecule has 0 aliphatic carbocycles. The molecule has 5 heteroatoms. The van der Waals surface area contributed by atoms with Crippen LogP contribution in [0.25, 0.3) is 0 Å². The molecule has 1 saturated heterocycles. The van der Waals surface area contributed by atoms with E-state index >= 15 is 0 Å². The maximum absolute atomic E-state index is 11.7. The van der Waals surface area contributed by atoms with Crippen molar-refractivity contribution in [3.8, 4) is 5.75 Å². The van der Waals surface area contributed by atoms with Crippen molar-refractivity contribution in [2.75, 3.05) is 13.2 Å². The molecule has 1 aromatic rings. The second-order valence-corrected chi connectivity index (χ2v) is 5.90. The molecule has 110 valence electrons. The molecule has 4 rings (SSSR count). The average molecular weight is 287 g/mol. The zero-order valence-corrected chi connectivity index (χ0v) is 11.6. The molecule has 1 N–H and O–H groups in total. The molecule has 3 unspecified atom stereocenters. The van der Waals surface area contributed by atoms with Crippen molar-refractivity contribution in [1.29, 1.82) is 0 Å². The normalized spacial score (nSPS) is 33.0. The van der Waals surface area contributed by atoms with Gasteiger partial charge in [-0.05, 0) is 25.0 Å². The quantitative estimate of drug-likeness (QED) is 0.796. The van der Waals surface area contributed by atoms with Gasteiger partial charge in [0.1, 0.15) is 24.0 Å². The van der Waals surface area contributed by atoms with E-state index in [1.807, 2.05) is 24.3 Å². The number of ether oxygens (including phenoxy) is 2. The molecule has 1 amide bonds. The van der Waals surface area contributed by atoms with Crippen molar-refractivity contribution in [2.45, 2.75) is 30.4 Å². The first-order valence-corrected chi connectivity index (χ1v) is 7.25. The van der Waals surface area contributed by atoms with E-state index in [0.717, 1.165) is 12.2 Å². The number of para-hydroxylation sites is 1. The Labute approximate surface area is 122 Å². The molecule has 0 saturated carbocycles. The fraction of sp³-hybridized carbons (Fsp3) is 0.438. The predicted molar refractivity (Wildman–Crippen MR) is 75.4 cm³/mol. The number of piperidine rings is 1. The lowest BCUT2D eigenvalue weighted by Crippen LogP contribution is -2.66. The zero-order valence-electron chi connectivity index (χ0n) is 11.6. The highest BCUT2D eigenvalue weighted by molar-refractivity contribution is 5.67. The summed E-state index contributed by atoms with van der Waals surface area (Å²) in [4.78, 5) is 13.2. The summed E-state index contributed by atoms with van der Waals surface area (Å²) in [5, 5.41) is 9.58. The molecule has 0 radical (unpaired) electrons. The monoisotopic (exact) mass is 287 g/mol. The van der Waals surface area contributed by atoms with Gasteiger partial charge in [0.25, 0.3) is 0 Å². The fourth-order valence-corrected chi connectivity index (χ4v) is 3.96. The van der Waals surface area contributed by atoms with E-state index < -0.39 is 11.6 Å². The van der Waals surface area contributed by atoms with Crippen LogP contribution in [-0.4, -0.2) is 40.9 Å². The number of hydrogen-bond acceptors (Lipinski definition) is 3. The second kappa shape index (κ2) is 4.41. The Bertz CT molecular complexity index is 614. The first-order chi connectivity index (χ1) is 10.2. The summed E-state index contributed by atoms with van der Waals surface area (Å²) < 4.78 is 11.7. The van der Waals surface area contributed by atoms with Crippen LogP contribution >= 0.6 is 0 Å². The highest BCUT2D eigenvalue weighted by atomic mass is 16.5. The minimum Gasteiger partial charge on any atom is -0.499 e. The van der Waals surface area contributed by atoms with Crippen molar-refractivity contribution in [2.24, 2.45) is 0 Å². The first kappa shape index (κ1) is 12.6. The van der Waals surface area contributed by atoms with Crippen LogP contribution < -0.4 is 4.74 Å². The zero-order chi connectivity index (χ0) is 14.4. The summed E-state index contributed by atoms with van der Waals surface area (Å²) in [5.74, 6) is 1.13. The van der Waals surface area contributed by atoms with Crippen molar-refractivity contribution in [3.05, 3.63) is 42.2 Å². The third kappa shape index (κ3) is 1.66. The van der Waals surface area contributed by atoms with Crippen molar-refractivity contribution >= 4 is 6.09 Å². The van der Waals surface area contributed by atoms with Gasteiger partial charge in [-0.3, -0.25) is 4.90 Å². The van der Waals surface area contributed by atoms with Crippen molar-refractivity contribution in [1.82, 2.24) is 4.90 Å². The average Bonchev–Trinajstić information content (AvgIpc) is 2.88. The number of nitrogens with zero attached hydrogens (tertiary/aromatic N) is 1. The van der Waals surface area contributed by atoms with Crippen LogP contribution in [0.4, 0.5) is 4.79 Å². The molecule has 3 heterocycles. The number of rotatable bonds is 0. The van der Waals surface area contributed by atoms with Gasteiger partial charge in [-0.2, -0.15) is 0 Å². The van der Waals surface area contributed by atoms with Crippen LogP contribution in [0.2, 0.25) is 0 Å². The van der Waals surface area contributed by atoms with Gasteiger partial charge in [-0.1, -0.05) is 18.2 Å². The van der Waals surface area contributed by atoms with E-state index in [4.69, 9.17) is 9.47 Å². The summed E-state index contributed by atoms with van der Waals surface area (Å²) in [6.07, 6.45) is 3.90. The SMILES string of the molecule is O=C(O)N1CCC2c3ccccc3OC2C12CC=COC2. The van der Waals surface area contributed by atoms with Gasteiger partial charge in [0.2, 0.25) is 0 Å². The Hall–Kier alpha value is -2.17. The molecule has 0 bridgehead atoms. The van der Waals surface area contributed by atoms with Gasteiger partial charge < -0.3 is 14.6 Å². The van der Waals surface area contributed by atoms with Gasteiger partial charge in [-0.25, -0.2) is 4.79 Å². The molecule has 1 fully saturated rings. The smallest absolute Gasteiger partial charge is 0.408 e. The maximum atomic E-state index is 11.7. The lowest BCUT2D eigenvalue weighted by molar-refractivity contribution is -0.0743. The molecule has 0 aromatic heterocycles. The molecule has 5 nitrogen and oxygen atoms in total. The van der Waals surface area contributed by atoms with Crippen LogP contribution in [0, 0.1) is 0 Å². The molecule has 3 aliphatic heterocycles. The minimum absolute atomic E-state index is 0.176. The number of benzene rings is 1. The third-order valence-corrected chi connectivity index (χ3v) is 4.90. The van der Waals surface area contributed by atoms with E-state index in [2.05, 4.69) is 6.07 Å². The van der Waals surface area contributed by atoms with Crippen molar-refractivity contribution < 1.29 is 19.4 Å². The number of amides is 1. The Kier molecular flexibility index (Phi) is 2.64. The van der Waals surface area contributed by atoms with Crippen LogP contribution in [0.3, 0.4) is 0 Å². The Balaban J connectivity index is 1.78. The van der Waals surface area contributed by atoms with E-state index in [0.29, 0.717) is 19.6 Å². The highest BCUT2D eigenvalue weighted by Gasteiger charge is 2.57. The Morgan fingerprint density at radius 3 is 3.00 bits per heavy atom. The fourth-order valence-electron chi connectivity index (χ4n) is 3.96. The lowest BCUT2D eigenvalue weighted by Gasteiger charge is -2.50. The molecule has 1 spiro atoms. The topological polar surface area (TPSA) is 59.0 Å². The third-order valence-electron chi connectivity index (χ3n) is 4.90. The van der Waals surface area contributed by atoms with Gasteiger partial charge in [0, 0.05) is 18.0 Å². The van der Waals surface area contributed by atoms with Gasteiger partial charge in [0.15, 0.2) is 0 Å². The summed E-state index contributed by atoms with van der Waals surface area (Å²) in [6.45, 7) is 0.871. The number of hydrogen-bond donors (Lipinski definition) is 1. The molecular weight excluding hydrogens is 270 g/mol. The number of fused-ring (bicyclic) bond motifs is 4. The van der Waals surface area contributed by atoms with Gasteiger partial charge in [0.05, 0.1) is 6.26 Å².